The molecule has 2 aromatic rings. The van der Waals surface area contributed by atoms with Crippen LogP contribution >= 0.6 is 27.3 Å². The van der Waals surface area contributed by atoms with Crippen molar-refractivity contribution >= 4 is 27.3 Å². The molecule has 0 aromatic carbocycles. The van der Waals surface area contributed by atoms with Gasteiger partial charge in [0, 0.05) is 22.0 Å². The normalized spacial score (nSPS) is 12.7. The van der Waals surface area contributed by atoms with Gasteiger partial charge >= 0.3 is 0 Å². The molecule has 2 aromatic heterocycles. The van der Waals surface area contributed by atoms with Crippen LogP contribution in [-0.4, -0.2) is 15.1 Å². The highest BCUT2D eigenvalue weighted by Gasteiger charge is 2.13. The summed E-state index contributed by atoms with van der Waals surface area (Å²) in [5.41, 5.74) is 0.674. The van der Waals surface area contributed by atoms with Gasteiger partial charge in [-0.05, 0) is 40.4 Å². The Morgan fingerprint density at radius 2 is 2.31 bits per heavy atom. The number of aliphatic hydroxyl groups excluding tert-OH is 1. The second kappa shape index (κ2) is 5.03. The highest BCUT2D eigenvalue weighted by Crippen LogP contribution is 2.27. The monoisotopic (exact) mass is 298 g/mol. The van der Waals surface area contributed by atoms with Crippen LogP contribution in [0.3, 0.4) is 0 Å². The summed E-state index contributed by atoms with van der Waals surface area (Å²) in [7, 11) is 0. The maximum Gasteiger partial charge on any atom is 0.125 e. The van der Waals surface area contributed by atoms with Gasteiger partial charge < -0.3 is 5.11 Å². The van der Waals surface area contributed by atoms with Crippen LogP contribution in [0.15, 0.2) is 28.2 Å². The van der Waals surface area contributed by atoms with Gasteiger partial charge in [0.25, 0.3) is 0 Å². The van der Waals surface area contributed by atoms with Crippen molar-refractivity contribution in [1.82, 2.24) is 9.97 Å². The van der Waals surface area contributed by atoms with Crippen molar-refractivity contribution < 1.29 is 5.11 Å². The van der Waals surface area contributed by atoms with Gasteiger partial charge in [-0.25, -0.2) is 9.97 Å². The Hall–Kier alpha value is -0.780. The van der Waals surface area contributed by atoms with Crippen LogP contribution in [0.5, 0.6) is 0 Å². The number of hydrogen-bond donors (Lipinski definition) is 1. The van der Waals surface area contributed by atoms with Crippen molar-refractivity contribution in [1.29, 1.82) is 0 Å². The van der Waals surface area contributed by atoms with E-state index in [0.29, 0.717) is 17.9 Å². The zero-order chi connectivity index (χ0) is 11.5. The van der Waals surface area contributed by atoms with E-state index < -0.39 is 6.10 Å². The zero-order valence-corrected chi connectivity index (χ0v) is 11.1. The molecule has 0 amide bonds. The molecule has 0 bridgehead atoms. The Morgan fingerprint density at radius 1 is 1.50 bits per heavy atom. The number of aromatic nitrogens is 2. The molecule has 84 valence electrons. The van der Waals surface area contributed by atoms with Crippen LogP contribution < -0.4 is 0 Å². The fourth-order valence-electron chi connectivity index (χ4n) is 1.41. The molecule has 1 unspecified atom stereocenters. The summed E-state index contributed by atoms with van der Waals surface area (Å²) >= 11 is 5.07. The van der Waals surface area contributed by atoms with E-state index in [1.165, 1.54) is 0 Å². The van der Waals surface area contributed by atoms with Gasteiger partial charge in [0.2, 0.25) is 0 Å². The molecular formula is C11H11BrN2OS. The van der Waals surface area contributed by atoms with Crippen LogP contribution in [0, 0.1) is 6.92 Å². The highest BCUT2D eigenvalue weighted by molar-refractivity contribution is 9.10. The summed E-state index contributed by atoms with van der Waals surface area (Å²) in [6, 6.07) is 3.73. The Balaban J connectivity index is 2.14. The van der Waals surface area contributed by atoms with E-state index in [9.17, 15) is 5.11 Å². The lowest BCUT2D eigenvalue weighted by atomic mass is 10.1. The largest absolute Gasteiger partial charge is 0.386 e. The van der Waals surface area contributed by atoms with Gasteiger partial charge in [-0.2, -0.15) is 0 Å². The Morgan fingerprint density at radius 3 is 2.94 bits per heavy atom. The van der Waals surface area contributed by atoms with Crippen molar-refractivity contribution in [2.45, 2.75) is 19.4 Å². The Bertz CT molecular complexity index is 486. The average molecular weight is 299 g/mol. The lowest BCUT2D eigenvalue weighted by Crippen LogP contribution is -2.05. The summed E-state index contributed by atoms with van der Waals surface area (Å²) in [5.74, 6) is 0.682. The first-order chi connectivity index (χ1) is 7.66. The van der Waals surface area contributed by atoms with Crippen LogP contribution in [0.1, 0.15) is 22.5 Å². The minimum absolute atomic E-state index is 0.573. The fourth-order valence-corrected chi connectivity index (χ4v) is 2.96. The molecule has 5 heteroatoms. The predicted molar refractivity (Wildman–Crippen MR) is 67.5 cm³/mol. The molecule has 0 saturated carbocycles. The van der Waals surface area contributed by atoms with E-state index in [1.807, 2.05) is 18.4 Å². The molecule has 16 heavy (non-hydrogen) atoms. The molecule has 2 rings (SSSR count). The summed E-state index contributed by atoms with van der Waals surface area (Å²) in [6.07, 6.45) is 1.68. The van der Waals surface area contributed by atoms with E-state index in [2.05, 4.69) is 25.9 Å². The van der Waals surface area contributed by atoms with Gasteiger partial charge in [-0.15, -0.1) is 11.3 Å². The van der Waals surface area contributed by atoms with Crippen molar-refractivity contribution in [2.75, 3.05) is 0 Å². The third-order valence-electron chi connectivity index (χ3n) is 2.21. The first-order valence-electron chi connectivity index (χ1n) is 4.86. The number of halogens is 1. The lowest BCUT2D eigenvalue weighted by Gasteiger charge is -2.09. The minimum atomic E-state index is -0.573. The maximum atomic E-state index is 10.0. The summed E-state index contributed by atoms with van der Waals surface area (Å²) in [5, 5.41) is 12.0. The standard InChI is InChI=1S/C11H11BrN2OS/c1-7-13-4-2-9(14-7)10(15)6-11-8(12)3-5-16-11/h2-5,10,15H,6H2,1H3. The SMILES string of the molecule is Cc1nccc(C(O)Cc2sccc2Br)n1. The molecule has 0 spiro atoms. The molecule has 0 aliphatic rings. The summed E-state index contributed by atoms with van der Waals surface area (Å²) in [6.45, 7) is 1.82. The van der Waals surface area contributed by atoms with Crippen LogP contribution in [0.2, 0.25) is 0 Å². The topological polar surface area (TPSA) is 46.0 Å². The number of thiophene rings is 1. The van der Waals surface area contributed by atoms with E-state index in [-0.39, 0.29) is 0 Å². The smallest absolute Gasteiger partial charge is 0.125 e. The molecule has 0 fully saturated rings. The quantitative estimate of drug-likeness (QED) is 0.948. The Labute approximate surface area is 106 Å². The van der Waals surface area contributed by atoms with Gasteiger partial charge in [0.1, 0.15) is 11.9 Å². The van der Waals surface area contributed by atoms with Crippen LogP contribution in [-0.2, 0) is 6.42 Å². The number of nitrogens with zero attached hydrogens (tertiary/aromatic N) is 2. The third kappa shape index (κ3) is 2.66. The summed E-state index contributed by atoms with van der Waals surface area (Å²) in [4.78, 5) is 9.35. The van der Waals surface area contributed by atoms with Crippen molar-refractivity contribution in [2.24, 2.45) is 0 Å². The lowest BCUT2D eigenvalue weighted by molar-refractivity contribution is 0.174. The molecule has 0 saturated heterocycles. The fraction of sp³-hybridized carbons (Fsp3) is 0.273. The van der Waals surface area contributed by atoms with Crippen molar-refractivity contribution in [3.05, 3.63) is 44.6 Å². The van der Waals surface area contributed by atoms with Gasteiger partial charge in [0.05, 0.1) is 5.69 Å². The third-order valence-corrected chi connectivity index (χ3v) is 4.16. The molecule has 1 N–H and O–H groups in total. The van der Waals surface area contributed by atoms with Gasteiger partial charge in [-0.1, -0.05) is 0 Å². The van der Waals surface area contributed by atoms with E-state index in [4.69, 9.17) is 0 Å². The first kappa shape index (κ1) is 11.7. The molecule has 1 atom stereocenters. The number of rotatable bonds is 3. The maximum absolute atomic E-state index is 10.0. The molecule has 0 aliphatic heterocycles. The molecular weight excluding hydrogens is 288 g/mol. The van der Waals surface area contributed by atoms with Gasteiger partial charge in [0.15, 0.2) is 0 Å². The number of aliphatic hydroxyl groups is 1. The predicted octanol–water partition coefficient (Wildman–Crippen LogP) is 2.89. The highest BCUT2D eigenvalue weighted by atomic mass is 79.9. The minimum Gasteiger partial charge on any atom is -0.386 e. The van der Waals surface area contributed by atoms with E-state index >= 15 is 0 Å². The molecule has 3 nitrogen and oxygen atoms in total. The average Bonchev–Trinajstić information content (AvgIpc) is 2.64. The second-order valence-corrected chi connectivity index (χ2v) is 5.30. The van der Waals surface area contributed by atoms with E-state index in [1.54, 1.807) is 23.6 Å². The number of hydrogen-bond acceptors (Lipinski definition) is 4. The summed E-state index contributed by atoms with van der Waals surface area (Å²) < 4.78 is 1.04. The zero-order valence-electron chi connectivity index (χ0n) is 8.72. The number of aryl methyl sites for hydroxylation is 1. The van der Waals surface area contributed by atoms with Crippen LogP contribution in [0.25, 0.3) is 0 Å². The first-order valence-corrected chi connectivity index (χ1v) is 6.53. The van der Waals surface area contributed by atoms with Gasteiger partial charge in [-0.3, -0.25) is 0 Å². The van der Waals surface area contributed by atoms with Crippen LogP contribution in [0.4, 0.5) is 0 Å². The van der Waals surface area contributed by atoms with Crippen molar-refractivity contribution in [3.8, 4) is 0 Å². The Kier molecular flexibility index (Phi) is 3.68. The molecule has 2 heterocycles. The molecule has 0 aliphatic carbocycles. The van der Waals surface area contributed by atoms with E-state index in [0.717, 1.165) is 9.35 Å². The second-order valence-electron chi connectivity index (χ2n) is 3.44. The molecule has 0 radical (unpaired) electrons. The van der Waals surface area contributed by atoms with Crippen molar-refractivity contribution in [3.63, 3.8) is 0 Å².